The molecular weight excluding hydrogens is 431 g/mol. The fourth-order valence-corrected chi connectivity index (χ4v) is 4.70. The maximum Gasteiger partial charge on any atom is 0.197 e. The summed E-state index contributed by atoms with van der Waals surface area (Å²) in [5.41, 5.74) is 0.903. The molecule has 1 saturated heterocycles. The Kier molecular flexibility index (Phi) is 7.00. The summed E-state index contributed by atoms with van der Waals surface area (Å²) in [6, 6.07) is 5.40. The molecule has 0 amide bonds. The molecule has 2 aliphatic rings. The van der Waals surface area contributed by atoms with Gasteiger partial charge in [-0.3, -0.25) is 9.59 Å². The Bertz CT molecular complexity index is 950. The van der Waals surface area contributed by atoms with Crippen molar-refractivity contribution in [3.8, 4) is 0 Å². The Balaban J connectivity index is 2.13. The van der Waals surface area contributed by atoms with Crippen LogP contribution in [-0.2, 0) is 14.3 Å². The fourth-order valence-electron chi connectivity index (χ4n) is 4.17. The van der Waals surface area contributed by atoms with Crippen LogP contribution in [0.25, 0.3) is 5.57 Å². The number of halogens is 2. The van der Waals surface area contributed by atoms with Crippen LogP contribution in [0.3, 0.4) is 0 Å². The number of allylic oxidation sites excluding steroid dienone is 4. The summed E-state index contributed by atoms with van der Waals surface area (Å²) in [4.78, 5) is 26.7. The van der Waals surface area contributed by atoms with Crippen molar-refractivity contribution in [2.75, 3.05) is 0 Å². The van der Waals surface area contributed by atoms with Gasteiger partial charge in [0, 0.05) is 10.0 Å². The molecule has 5 heteroatoms. The highest BCUT2D eigenvalue weighted by Gasteiger charge is 2.50. The molecule has 1 aromatic rings. The summed E-state index contributed by atoms with van der Waals surface area (Å²) >= 11 is 12.6. The van der Waals surface area contributed by atoms with Gasteiger partial charge in [-0.25, -0.2) is 0 Å². The zero-order chi connectivity index (χ0) is 23.0. The molecule has 0 unspecified atom stereocenters. The summed E-state index contributed by atoms with van der Waals surface area (Å²) < 4.78 is 5.88. The van der Waals surface area contributed by atoms with Gasteiger partial charge in [-0.05, 0) is 89.0 Å². The zero-order valence-electron chi connectivity index (χ0n) is 18.7. The molecule has 0 atom stereocenters. The van der Waals surface area contributed by atoms with Crippen LogP contribution in [-0.4, -0.2) is 22.8 Å². The lowest BCUT2D eigenvalue weighted by Crippen LogP contribution is -2.55. The van der Waals surface area contributed by atoms with Gasteiger partial charge in [0.05, 0.1) is 5.57 Å². The van der Waals surface area contributed by atoms with Crippen molar-refractivity contribution >= 4 is 40.3 Å². The SMILES string of the molecule is C=CCC=C(CC(CC1CC1)=C1C(=O)C(C)(C)OC(C)(C)C1=O)c1ccc(Cl)cc1Cl. The average Bonchev–Trinajstić information content (AvgIpc) is 3.47. The predicted octanol–water partition coefficient (Wildman–Crippen LogP) is 7.17. The zero-order valence-corrected chi connectivity index (χ0v) is 20.2. The van der Waals surface area contributed by atoms with E-state index in [1.54, 1.807) is 39.8 Å². The number of carbonyl (C=O) groups excluding carboxylic acids is 2. The summed E-state index contributed by atoms with van der Waals surface area (Å²) in [5.74, 6) is 0.0361. The highest BCUT2D eigenvalue weighted by Crippen LogP contribution is 2.43. The second-order valence-electron chi connectivity index (χ2n) is 9.46. The van der Waals surface area contributed by atoms with Crippen molar-refractivity contribution in [1.82, 2.24) is 0 Å². The van der Waals surface area contributed by atoms with Gasteiger partial charge in [0.15, 0.2) is 11.6 Å². The van der Waals surface area contributed by atoms with Crippen molar-refractivity contribution < 1.29 is 14.3 Å². The second-order valence-corrected chi connectivity index (χ2v) is 10.3. The Morgan fingerprint density at radius 2 is 1.74 bits per heavy atom. The van der Waals surface area contributed by atoms with Crippen LogP contribution in [0.4, 0.5) is 0 Å². The van der Waals surface area contributed by atoms with Crippen LogP contribution in [0.5, 0.6) is 0 Å². The molecule has 0 bridgehead atoms. The topological polar surface area (TPSA) is 43.4 Å². The predicted molar refractivity (Wildman–Crippen MR) is 127 cm³/mol. The normalized spacial score (nSPS) is 20.7. The number of hydrogen-bond donors (Lipinski definition) is 0. The molecule has 1 heterocycles. The van der Waals surface area contributed by atoms with E-state index in [1.165, 1.54) is 0 Å². The molecule has 0 spiro atoms. The third-order valence-corrected chi connectivity index (χ3v) is 6.40. The first-order chi connectivity index (χ1) is 14.5. The third kappa shape index (κ3) is 5.39. The first-order valence-corrected chi connectivity index (χ1v) is 11.5. The highest BCUT2D eigenvalue weighted by atomic mass is 35.5. The molecule has 3 nitrogen and oxygen atoms in total. The van der Waals surface area contributed by atoms with E-state index in [-0.39, 0.29) is 11.6 Å². The molecule has 31 heavy (non-hydrogen) atoms. The van der Waals surface area contributed by atoms with Crippen LogP contribution in [0, 0.1) is 5.92 Å². The van der Waals surface area contributed by atoms with Gasteiger partial charge in [-0.15, -0.1) is 6.58 Å². The second kappa shape index (κ2) is 9.05. The lowest BCUT2D eigenvalue weighted by Gasteiger charge is -2.40. The maximum atomic E-state index is 13.3. The van der Waals surface area contributed by atoms with Gasteiger partial charge in [0.25, 0.3) is 0 Å². The van der Waals surface area contributed by atoms with E-state index in [0.717, 1.165) is 36.0 Å². The smallest absolute Gasteiger partial charge is 0.197 e. The summed E-state index contributed by atoms with van der Waals surface area (Å²) in [5, 5.41) is 1.11. The van der Waals surface area contributed by atoms with Crippen molar-refractivity contribution in [2.24, 2.45) is 5.92 Å². The van der Waals surface area contributed by atoms with Gasteiger partial charge in [0.2, 0.25) is 0 Å². The number of carbonyl (C=O) groups is 2. The summed E-state index contributed by atoms with van der Waals surface area (Å²) in [6.07, 6.45) is 7.98. The molecule has 2 fully saturated rings. The fraction of sp³-hybridized carbons (Fsp3) is 0.462. The molecular formula is C26H30Cl2O3. The third-order valence-electron chi connectivity index (χ3n) is 5.86. The molecule has 1 aromatic carbocycles. The highest BCUT2D eigenvalue weighted by molar-refractivity contribution is 6.35. The van der Waals surface area contributed by atoms with E-state index in [0.29, 0.717) is 34.4 Å². The van der Waals surface area contributed by atoms with Crippen molar-refractivity contribution in [3.63, 3.8) is 0 Å². The Hall–Kier alpha value is -1.68. The molecule has 0 N–H and O–H groups in total. The minimum absolute atomic E-state index is 0.238. The largest absolute Gasteiger partial charge is 0.353 e. The molecule has 1 aliphatic carbocycles. The standard InChI is InChI=1S/C26H30Cl2O3/c1-6-7-8-17(20-12-11-19(27)15-21(20)28)14-18(13-16-9-10-16)22-23(29)25(2,3)31-26(4,5)24(22)30/h6,8,11-12,15-16H,1,7,9-10,13-14H2,2-5H3. The summed E-state index contributed by atoms with van der Waals surface area (Å²) in [6.45, 7) is 10.8. The molecule has 1 saturated carbocycles. The first-order valence-electron chi connectivity index (χ1n) is 10.7. The maximum absolute atomic E-state index is 13.3. The van der Waals surface area contributed by atoms with Crippen LogP contribution < -0.4 is 0 Å². The molecule has 0 radical (unpaired) electrons. The monoisotopic (exact) mass is 460 g/mol. The van der Waals surface area contributed by atoms with E-state index in [9.17, 15) is 9.59 Å². The van der Waals surface area contributed by atoms with E-state index in [1.807, 2.05) is 12.1 Å². The van der Waals surface area contributed by atoms with Crippen molar-refractivity contribution in [1.29, 1.82) is 0 Å². The van der Waals surface area contributed by atoms with Crippen molar-refractivity contribution in [3.05, 3.63) is 63.7 Å². The Labute approximate surface area is 195 Å². The number of hydrogen-bond acceptors (Lipinski definition) is 3. The molecule has 3 rings (SSSR count). The van der Waals surface area contributed by atoms with Crippen LogP contribution >= 0.6 is 23.2 Å². The molecule has 1 aliphatic heterocycles. The van der Waals surface area contributed by atoms with Crippen LogP contribution in [0.1, 0.15) is 65.4 Å². The van der Waals surface area contributed by atoms with Gasteiger partial charge in [-0.1, -0.05) is 47.0 Å². The molecule has 166 valence electrons. The Morgan fingerprint density at radius 1 is 1.13 bits per heavy atom. The van der Waals surface area contributed by atoms with Crippen molar-refractivity contribution in [2.45, 2.75) is 71.0 Å². The number of benzene rings is 1. The summed E-state index contributed by atoms with van der Waals surface area (Å²) in [7, 11) is 0. The lowest BCUT2D eigenvalue weighted by molar-refractivity contribution is -0.174. The van der Waals surface area contributed by atoms with E-state index in [2.05, 4.69) is 12.7 Å². The van der Waals surface area contributed by atoms with Gasteiger partial charge in [-0.2, -0.15) is 0 Å². The van der Waals surface area contributed by atoms with Gasteiger partial charge >= 0.3 is 0 Å². The van der Waals surface area contributed by atoms with Gasteiger partial charge < -0.3 is 4.74 Å². The first kappa shape index (κ1) is 24.0. The minimum Gasteiger partial charge on any atom is -0.353 e. The van der Waals surface area contributed by atoms with Crippen LogP contribution in [0.15, 0.2) is 48.1 Å². The molecule has 0 aromatic heterocycles. The Morgan fingerprint density at radius 3 is 2.26 bits per heavy atom. The number of ketones is 2. The van der Waals surface area contributed by atoms with E-state index < -0.39 is 11.2 Å². The van der Waals surface area contributed by atoms with Gasteiger partial charge in [0.1, 0.15) is 11.2 Å². The number of Topliss-reactive ketones (excluding diaryl/α,β-unsaturated/α-hetero) is 2. The number of ether oxygens (including phenoxy) is 1. The lowest BCUT2D eigenvalue weighted by atomic mass is 9.78. The van der Waals surface area contributed by atoms with Crippen LogP contribution in [0.2, 0.25) is 10.0 Å². The van der Waals surface area contributed by atoms with E-state index >= 15 is 0 Å². The minimum atomic E-state index is -1.05. The quantitative estimate of drug-likeness (QED) is 0.246. The average molecular weight is 461 g/mol. The van der Waals surface area contributed by atoms with E-state index in [4.69, 9.17) is 27.9 Å². The number of rotatable bonds is 7.